The van der Waals surface area contributed by atoms with Crippen LogP contribution in [-0.2, 0) is 9.59 Å². The van der Waals surface area contributed by atoms with Crippen LogP contribution in [0.3, 0.4) is 0 Å². The summed E-state index contributed by atoms with van der Waals surface area (Å²) < 4.78 is 1.78. The Balaban J connectivity index is 0.000000284. The van der Waals surface area contributed by atoms with E-state index in [1.165, 1.54) is 0 Å². The van der Waals surface area contributed by atoms with Crippen molar-refractivity contribution in [2.75, 3.05) is 12.1 Å². The van der Waals surface area contributed by atoms with Crippen LogP contribution < -0.4 is 5.01 Å². The Kier molecular flexibility index (Phi) is 6.73. The monoisotopic (exact) mass is 317 g/mol. The Morgan fingerprint density at radius 2 is 1.70 bits per heavy atom. The number of carboxylic acid groups (broad SMARTS) is 2. The molecule has 2 aromatic heterocycles. The van der Waals surface area contributed by atoms with Crippen molar-refractivity contribution in [1.29, 1.82) is 0 Å². The molecule has 2 N–H and O–H groups in total. The van der Waals surface area contributed by atoms with Crippen LogP contribution in [0.15, 0.2) is 55.0 Å². The Morgan fingerprint density at radius 3 is 2.17 bits per heavy atom. The van der Waals surface area contributed by atoms with Gasteiger partial charge < -0.3 is 10.2 Å². The van der Waals surface area contributed by atoms with E-state index in [4.69, 9.17) is 10.2 Å². The second-order valence-corrected chi connectivity index (χ2v) is 4.13. The third kappa shape index (κ3) is 5.84. The number of anilines is 1. The second kappa shape index (κ2) is 8.78. The Hall–Kier alpha value is -3.42. The van der Waals surface area contributed by atoms with E-state index in [9.17, 15) is 14.4 Å². The number of hydrogen-bond donors (Lipinski definition) is 2. The molecule has 0 unspecified atom stereocenters. The lowest BCUT2D eigenvalue weighted by atomic mass is 10.4. The number of aliphatic carboxylic acids is 2. The molecular formula is C15H15N3O5. The molecule has 23 heavy (non-hydrogen) atoms. The molecule has 8 nitrogen and oxygen atoms in total. The van der Waals surface area contributed by atoms with Gasteiger partial charge in [-0.05, 0) is 24.3 Å². The highest BCUT2D eigenvalue weighted by Crippen LogP contribution is 2.12. The largest absolute Gasteiger partial charge is 0.478 e. The quantitative estimate of drug-likeness (QED) is 0.631. The van der Waals surface area contributed by atoms with Gasteiger partial charge in [-0.15, -0.1) is 0 Å². The Bertz CT molecular complexity index is 678. The molecule has 0 bridgehead atoms. The lowest BCUT2D eigenvalue weighted by Gasteiger charge is -2.21. The van der Waals surface area contributed by atoms with Crippen LogP contribution in [0.4, 0.5) is 5.69 Å². The van der Waals surface area contributed by atoms with Gasteiger partial charge in [-0.3, -0.25) is 19.5 Å². The van der Waals surface area contributed by atoms with Gasteiger partial charge in [-0.2, -0.15) is 0 Å². The van der Waals surface area contributed by atoms with Crippen molar-refractivity contribution >= 4 is 23.9 Å². The minimum atomic E-state index is -1.26. The first-order valence-corrected chi connectivity index (χ1v) is 6.36. The van der Waals surface area contributed by atoms with Gasteiger partial charge >= 0.3 is 11.9 Å². The van der Waals surface area contributed by atoms with Gasteiger partial charge in [0.1, 0.15) is 5.69 Å². The van der Waals surface area contributed by atoms with Gasteiger partial charge in [-0.25, -0.2) is 9.59 Å². The molecule has 2 heterocycles. The molecule has 0 saturated carbocycles. The molecule has 0 aliphatic heterocycles. The Labute approximate surface area is 131 Å². The number of carbonyl (C=O) groups is 3. The number of pyridine rings is 1. The maximum absolute atomic E-state index is 10.8. The maximum atomic E-state index is 10.8. The number of nitrogens with zero attached hydrogens (tertiary/aromatic N) is 3. The van der Waals surface area contributed by atoms with Crippen molar-refractivity contribution < 1.29 is 24.6 Å². The molecule has 2 aromatic rings. The molecule has 2 rings (SSSR count). The Morgan fingerprint density at radius 1 is 1.13 bits per heavy atom. The van der Waals surface area contributed by atoms with Crippen LogP contribution in [-0.4, -0.2) is 45.1 Å². The fraction of sp³-hybridized carbons (Fsp3) is 0.0667. The van der Waals surface area contributed by atoms with Crippen LogP contribution in [0.1, 0.15) is 10.5 Å². The molecule has 0 saturated heterocycles. The highest BCUT2D eigenvalue weighted by atomic mass is 16.4. The maximum Gasteiger partial charge on any atom is 0.328 e. The predicted octanol–water partition coefficient (Wildman–Crippen LogP) is 1.31. The zero-order valence-corrected chi connectivity index (χ0v) is 12.2. The molecular weight excluding hydrogens is 302 g/mol. The molecule has 0 aliphatic carbocycles. The van der Waals surface area contributed by atoms with Gasteiger partial charge in [0.2, 0.25) is 0 Å². The van der Waals surface area contributed by atoms with E-state index in [-0.39, 0.29) is 0 Å². The standard InChI is InChI=1S/C11H11N3O.C4H4O4/c1-13(10-4-6-12-7-5-10)14-8-2-3-11(14)9-15;5-3(6)1-2-4(7)8/h2-9H,1H3;1-2H,(H,5,6)(H,7,8)/b;2-1-. The first-order chi connectivity index (χ1) is 11.0. The van der Waals surface area contributed by atoms with Gasteiger partial charge in [0.25, 0.3) is 0 Å². The van der Waals surface area contributed by atoms with Crippen molar-refractivity contribution in [2.24, 2.45) is 0 Å². The van der Waals surface area contributed by atoms with Crippen LogP contribution in [0.2, 0.25) is 0 Å². The normalized spacial score (nSPS) is 9.78. The summed E-state index contributed by atoms with van der Waals surface area (Å²) >= 11 is 0. The van der Waals surface area contributed by atoms with E-state index in [0.717, 1.165) is 12.0 Å². The van der Waals surface area contributed by atoms with E-state index < -0.39 is 11.9 Å². The SMILES string of the molecule is CN(c1ccncc1)n1cccc1C=O.O=C(O)/C=C\C(=O)O. The predicted molar refractivity (Wildman–Crippen MR) is 82.3 cm³/mol. The summed E-state index contributed by atoms with van der Waals surface area (Å²) in [7, 11) is 1.89. The van der Waals surface area contributed by atoms with E-state index in [1.807, 2.05) is 36.5 Å². The average molecular weight is 317 g/mol. The fourth-order valence-electron chi connectivity index (χ4n) is 1.58. The zero-order valence-electron chi connectivity index (χ0n) is 12.2. The summed E-state index contributed by atoms with van der Waals surface area (Å²) in [6.45, 7) is 0. The number of aromatic nitrogens is 2. The van der Waals surface area contributed by atoms with E-state index in [0.29, 0.717) is 17.8 Å². The third-order valence-corrected chi connectivity index (χ3v) is 2.61. The smallest absolute Gasteiger partial charge is 0.328 e. The molecule has 0 spiro atoms. The fourth-order valence-corrected chi connectivity index (χ4v) is 1.58. The number of hydrogen-bond acceptors (Lipinski definition) is 5. The van der Waals surface area contributed by atoms with Gasteiger partial charge in [-0.1, -0.05) is 0 Å². The van der Waals surface area contributed by atoms with Gasteiger partial charge in [0.05, 0.1) is 5.69 Å². The molecule has 0 aromatic carbocycles. The molecule has 120 valence electrons. The third-order valence-electron chi connectivity index (χ3n) is 2.61. The summed E-state index contributed by atoms with van der Waals surface area (Å²) in [6.07, 6.45) is 7.22. The van der Waals surface area contributed by atoms with Crippen molar-refractivity contribution in [1.82, 2.24) is 9.66 Å². The van der Waals surface area contributed by atoms with Crippen LogP contribution >= 0.6 is 0 Å². The first kappa shape index (κ1) is 17.6. The highest BCUT2D eigenvalue weighted by Gasteiger charge is 2.05. The molecule has 0 radical (unpaired) electrons. The van der Waals surface area contributed by atoms with E-state index in [2.05, 4.69) is 4.98 Å². The summed E-state index contributed by atoms with van der Waals surface area (Å²) in [6, 6.07) is 7.37. The van der Waals surface area contributed by atoms with Crippen LogP contribution in [0.25, 0.3) is 0 Å². The summed E-state index contributed by atoms with van der Waals surface area (Å²) in [4.78, 5) is 33.8. The lowest BCUT2D eigenvalue weighted by Crippen LogP contribution is -2.25. The van der Waals surface area contributed by atoms with Crippen molar-refractivity contribution in [3.63, 3.8) is 0 Å². The van der Waals surface area contributed by atoms with Crippen LogP contribution in [0.5, 0.6) is 0 Å². The van der Waals surface area contributed by atoms with Crippen molar-refractivity contribution in [3.05, 3.63) is 60.7 Å². The van der Waals surface area contributed by atoms with Gasteiger partial charge in [0, 0.05) is 37.8 Å². The number of aldehydes is 1. The van der Waals surface area contributed by atoms with E-state index >= 15 is 0 Å². The summed E-state index contributed by atoms with van der Waals surface area (Å²) in [5.41, 5.74) is 1.60. The number of carboxylic acids is 2. The van der Waals surface area contributed by atoms with Crippen molar-refractivity contribution in [2.45, 2.75) is 0 Å². The number of rotatable bonds is 5. The second-order valence-electron chi connectivity index (χ2n) is 4.13. The van der Waals surface area contributed by atoms with E-state index in [1.54, 1.807) is 23.1 Å². The topological polar surface area (TPSA) is 113 Å². The molecule has 0 fully saturated rings. The molecule has 0 aliphatic rings. The molecule has 8 heteroatoms. The minimum Gasteiger partial charge on any atom is -0.478 e. The zero-order chi connectivity index (χ0) is 17.2. The average Bonchev–Trinajstić information content (AvgIpc) is 3.02. The van der Waals surface area contributed by atoms with Crippen molar-refractivity contribution in [3.8, 4) is 0 Å². The lowest BCUT2D eigenvalue weighted by molar-refractivity contribution is -0.134. The highest BCUT2D eigenvalue weighted by molar-refractivity contribution is 5.89. The first-order valence-electron chi connectivity index (χ1n) is 6.36. The van der Waals surface area contributed by atoms with Gasteiger partial charge in [0.15, 0.2) is 6.29 Å². The van der Waals surface area contributed by atoms with Crippen LogP contribution in [0, 0.1) is 0 Å². The summed E-state index contributed by atoms with van der Waals surface area (Å²) in [5.74, 6) is -2.51. The molecule has 0 amide bonds. The number of carbonyl (C=O) groups excluding carboxylic acids is 1. The molecule has 0 atom stereocenters. The summed E-state index contributed by atoms with van der Waals surface area (Å²) in [5, 5.41) is 17.5. The minimum absolute atomic E-state index is 0.558.